The molecule has 0 aliphatic carbocycles. The van der Waals surface area contributed by atoms with Crippen LogP contribution in [0.3, 0.4) is 0 Å². The second-order valence-corrected chi connectivity index (χ2v) is 3.39. The van der Waals surface area contributed by atoms with E-state index in [1.807, 2.05) is 19.1 Å². The van der Waals surface area contributed by atoms with Crippen molar-refractivity contribution in [3.8, 4) is 0 Å². The van der Waals surface area contributed by atoms with Gasteiger partial charge in [-0.05, 0) is 52.5 Å². The summed E-state index contributed by atoms with van der Waals surface area (Å²) in [5.74, 6) is 0. The van der Waals surface area contributed by atoms with Gasteiger partial charge in [-0.2, -0.15) is 0 Å². The molecule has 0 atom stereocenters. The molecule has 0 fully saturated rings. The fraction of sp³-hybridized carbons (Fsp3) is 0.167. The lowest BCUT2D eigenvalue weighted by molar-refractivity contribution is 1.08. The fourth-order valence-corrected chi connectivity index (χ4v) is 1.73. The molecule has 0 spiro atoms. The van der Waals surface area contributed by atoms with Crippen LogP contribution in [0.4, 0.5) is 0 Å². The molecular formula is C6H7BrN2S. The zero-order valence-electron chi connectivity index (χ0n) is 5.47. The summed E-state index contributed by atoms with van der Waals surface area (Å²) in [6, 6.07) is 3.88. The predicted octanol–water partition coefficient (Wildman–Crippen LogP) is 2.12. The summed E-state index contributed by atoms with van der Waals surface area (Å²) in [5, 5.41) is 6.16. The van der Waals surface area contributed by atoms with Crippen LogP contribution in [0.15, 0.2) is 21.8 Å². The molecule has 10 heavy (non-hydrogen) atoms. The Balaban J connectivity index is 3.06. The number of nitrogens with two attached hydrogens (primary N) is 1. The summed E-state index contributed by atoms with van der Waals surface area (Å²) in [6.07, 6.45) is 0. The molecule has 1 rings (SSSR count). The van der Waals surface area contributed by atoms with Crippen LogP contribution in [-0.2, 0) is 0 Å². The molecule has 0 aromatic carbocycles. The van der Waals surface area contributed by atoms with E-state index >= 15 is 0 Å². The number of aryl methyl sites for hydroxylation is 1. The molecule has 1 aromatic rings. The van der Waals surface area contributed by atoms with Crippen molar-refractivity contribution in [3.05, 3.63) is 22.3 Å². The molecule has 54 valence electrons. The van der Waals surface area contributed by atoms with Gasteiger partial charge in [0.25, 0.3) is 0 Å². The molecule has 0 saturated carbocycles. The lowest BCUT2D eigenvalue weighted by atomic mass is 10.3. The smallest absolute Gasteiger partial charge is 0.112 e. The predicted molar refractivity (Wildman–Crippen MR) is 46.7 cm³/mol. The maximum absolute atomic E-state index is 5.32. The zero-order valence-corrected chi connectivity index (χ0v) is 7.87. The molecule has 2 nitrogen and oxygen atoms in total. The molecule has 2 N–H and O–H groups in total. The Morgan fingerprint density at radius 2 is 2.30 bits per heavy atom. The van der Waals surface area contributed by atoms with Crippen LogP contribution in [0.5, 0.6) is 0 Å². The largest absolute Gasteiger partial charge is 0.272 e. The monoisotopic (exact) mass is 218 g/mol. The van der Waals surface area contributed by atoms with E-state index in [1.54, 1.807) is 0 Å². The molecule has 4 heteroatoms. The van der Waals surface area contributed by atoms with Crippen molar-refractivity contribution in [1.29, 1.82) is 0 Å². The standard InChI is InChI=1S/C6H7BrN2S/c1-4-2-5(7)9-6(3-4)10-8/h2-3H,8H2,1H3. The Bertz CT molecular complexity index is 219. The molecule has 0 aliphatic rings. The third-order valence-corrected chi connectivity index (χ3v) is 1.89. The van der Waals surface area contributed by atoms with E-state index in [0.29, 0.717) is 0 Å². The first-order chi connectivity index (χ1) is 4.72. The highest BCUT2D eigenvalue weighted by atomic mass is 79.9. The highest BCUT2D eigenvalue weighted by Crippen LogP contribution is 2.15. The molecular weight excluding hydrogens is 212 g/mol. The lowest BCUT2D eigenvalue weighted by Crippen LogP contribution is -1.86. The van der Waals surface area contributed by atoms with Gasteiger partial charge in [0.1, 0.15) is 9.63 Å². The summed E-state index contributed by atoms with van der Waals surface area (Å²) in [4.78, 5) is 4.11. The van der Waals surface area contributed by atoms with Gasteiger partial charge >= 0.3 is 0 Å². The number of pyridine rings is 1. The minimum atomic E-state index is 0.834. The first kappa shape index (κ1) is 8.04. The quantitative estimate of drug-likeness (QED) is 0.580. The van der Waals surface area contributed by atoms with Gasteiger partial charge in [0.05, 0.1) is 0 Å². The first-order valence-corrected chi connectivity index (χ1v) is 4.40. The van der Waals surface area contributed by atoms with E-state index in [4.69, 9.17) is 5.14 Å². The Morgan fingerprint density at radius 1 is 1.60 bits per heavy atom. The van der Waals surface area contributed by atoms with E-state index in [2.05, 4.69) is 20.9 Å². The Labute approximate surface area is 72.5 Å². The topological polar surface area (TPSA) is 38.9 Å². The molecule has 1 heterocycles. The number of aromatic nitrogens is 1. The summed E-state index contributed by atoms with van der Waals surface area (Å²) in [5.41, 5.74) is 1.16. The van der Waals surface area contributed by atoms with E-state index in [-0.39, 0.29) is 0 Å². The van der Waals surface area contributed by atoms with Crippen LogP contribution in [0.2, 0.25) is 0 Å². The Morgan fingerprint density at radius 3 is 2.80 bits per heavy atom. The maximum atomic E-state index is 5.32. The third kappa shape index (κ3) is 1.97. The molecule has 1 aromatic heterocycles. The van der Waals surface area contributed by atoms with Crippen molar-refractivity contribution in [1.82, 2.24) is 4.98 Å². The van der Waals surface area contributed by atoms with E-state index < -0.39 is 0 Å². The summed E-state index contributed by atoms with van der Waals surface area (Å²) in [7, 11) is 0. The minimum Gasteiger partial charge on any atom is -0.272 e. The number of nitrogens with zero attached hydrogens (tertiary/aromatic N) is 1. The number of halogens is 1. The van der Waals surface area contributed by atoms with E-state index in [1.165, 1.54) is 0 Å². The molecule has 0 aliphatic heterocycles. The first-order valence-electron chi connectivity index (χ1n) is 2.73. The van der Waals surface area contributed by atoms with Crippen molar-refractivity contribution >= 4 is 27.9 Å². The zero-order chi connectivity index (χ0) is 7.56. The van der Waals surface area contributed by atoms with Crippen LogP contribution >= 0.6 is 27.9 Å². The van der Waals surface area contributed by atoms with Crippen molar-refractivity contribution < 1.29 is 0 Å². The third-order valence-electron chi connectivity index (χ3n) is 1.04. The molecule has 0 unspecified atom stereocenters. The summed E-state index contributed by atoms with van der Waals surface area (Å²) < 4.78 is 0.834. The average Bonchev–Trinajstić information content (AvgIpc) is 1.85. The maximum Gasteiger partial charge on any atom is 0.112 e. The van der Waals surface area contributed by atoms with Gasteiger partial charge in [0, 0.05) is 0 Å². The van der Waals surface area contributed by atoms with Gasteiger partial charge in [-0.15, -0.1) is 0 Å². The number of hydrogen-bond donors (Lipinski definition) is 1. The van der Waals surface area contributed by atoms with Crippen molar-refractivity contribution in [3.63, 3.8) is 0 Å². The Hall–Kier alpha value is -0.0600. The minimum absolute atomic E-state index is 0.834. The van der Waals surface area contributed by atoms with Crippen LogP contribution in [0.25, 0.3) is 0 Å². The van der Waals surface area contributed by atoms with Crippen molar-refractivity contribution in [2.75, 3.05) is 0 Å². The average molecular weight is 219 g/mol. The van der Waals surface area contributed by atoms with Gasteiger partial charge in [0.15, 0.2) is 0 Å². The van der Waals surface area contributed by atoms with Crippen LogP contribution in [0, 0.1) is 6.92 Å². The number of hydrogen-bond acceptors (Lipinski definition) is 3. The van der Waals surface area contributed by atoms with Gasteiger partial charge in [-0.1, -0.05) is 0 Å². The van der Waals surface area contributed by atoms with E-state index in [9.17, 15) is 0 Å². The SMILES string of the molecule is Cc1cc(Br)nc(SN)c1. The molecule has 0 saturated heterocycles. The van der Waals surface area contributed by atoms with Crippen molar-refractivity contribution in [2.45, 2.75) is 11.9 Å². The van der Waals surface area contributed by atoms with E-state index in [0.717, 1.165) is 27.1 Å². The van der Waals surface area contributed by atoms with Crippen molar-refractivity contribution in [2.24, 2.45) is 5.14 Å². The highest BCUT2D eigenvalue weighted by molar-refractivity contribution is 9.10. The normalized spacial score (nSPS) is 9.90. The molecule has 0 amide bonds. The van der Waals surface area contributed by atoms with Gasteiger partial charge in [-0.25, -0.2) is 4.98 Å². The van der Waals surface area contributed by atoms with Crippen LogP contribution < -0.4 is 5.14 Å². The van der Waals surface area contributed by atoms with Gasteiger partial charge in [-0.3, -0.25) is 5.14 Å². The lowest BCUT2D eigenvalue weighted by Gasteiger charge is -1.97. The fourth-order valence-electron chi connectivity index (χ4n) is 0.654. The highest BCUT2D eigenvalue weighted by Gasteiger charge is 1.95. The van der Waals surface area contributed by atoms with Gasteiger partial charge in [0.2, 0.25) is 0 Å². The van der Waals surface area contributed by atoms with Gasteiger partial charge < -0.3 is 0 Å². The second-order valence-electron chi connectivity index (χ2n) is 1.92. The number of rotatable bonds is 1. The second kappa shape index (κ2) is 3.37. The summed E-state index contributed by atoms with van der Waals surface area (Å²) >= 11 is 4.43. The molecule has 0 radical (unpaired) electrons. The molecule has 0 bridgehead atoms. The van der Waals surface area contributed by atoms with Crippen LogP contribution in [0.1, 0.15) is 5.56 Å². The Kier molecular flexibility index (Phi) is 2.71. The summed E-state index contributed by atoms with van der Waals surface area (Å²) in [6.45, 7) is 2.01. The van der Waals surface area contributed by atoms with Crippen LogP contribution in [-0.4, -0.2) is 4.98 Å².